The van der Waals surface area contributed by atoms with E-state index in [1.165, 1.54) is 18.3 Å². The van der Waals surface area contributed by atoms with E-state index in [1.807, 2.05) is 13.0 Å². The first-order chi connectivity index (χ1) is 10.5. The van der Waals surface area contributed by atoms with Crippen molar-refractivity contribution < 1.29 is 4.79 Å². The number of rotatable bonds is 2. The Labute approximate surface area is 131 Å². The largest absolute Gasteiger partial charge is 0.368 e. The Balaban J connectivity index is 2.30. The van der Waals surface area contributed by atoms with Crippen LogP contribution in [0.1, 0.15) is 27.7 Å². The number of aromatic nitrogens is 2. The number of fused-ring (bicyclic) bond motifs is 1. The molecule has 3 rings (SSSR count). The van der Waals surface area contributed by atoms with Gasteiger partial charge in [0.2, 0.25) is 5.95 Å². The van der Waals surface area contributed by atoms with Crippen molar-refractivity contribution in [1.29, 1.82) is 5.26 Å². The van der Waals surface area contributed by atoms with Crippen molar-refractivity contribution in [1.82, 2.24) is 9.97 Å². The van der Waals surface area contributed by atoms with Crippen LogP contribution in [0.3, 0.4) is 0 Å². The summed E-state index contributed by atoms with van der Waals surface area (Å²) in [5.41, 5.74) is 8.89. The van der Waals surface area contributed by atoms with Crippen LogP contribution in [0, 0.1) is 18.3 Å². The Morgan fingerprint density at radius 3 is 2.73 bits per heavy atom. The van der Waals surface area contributed by atoms with E-state index in [-0.39, 0.29) is 11.7 Å². The van der Waals surface area contributed by atoms with Gasteiger partial charge in [0, 0.05) is 10.9 Å². The van der Waals surface area contributed by atoms with Gasteiger partial charge >= 0.3 is 0 Å². The third kappa shape index (κ3) is 2.32. The van der Waals surface area contributed by atoms with Crippen molar-refractivity contribution in [2.75, 3.05) is 5.73 Å². The molecule has 0 unspecified atom stereocenters. The number of nitrogens with zero attached hydrogens (tertiary/aromatic N) is 3. The number of hydrogen-bond acceptors (Lipinski definition) is 6. The number of carbonyl (C=O) groups excluding carboxylic acids is 1. The van der Waals surface area contributed by atoms with E-state index in [0.717, 1.165) is 16.5 Å². The number of carbonyl (C=O) groups is 1. The van der Waals surface area contributed by atoms with Gasteiger partial charge in [-0.2, -0.15) is 5.26 Å². The average Bonchev–Trinajstić information content (AvgIpc) is 2.90. The van der Waals surface area contributed by atoms with Crippen LogP contribution in [0.2, 0.25) is 0 Å². The van der Waals surface area contributed by atoms with E-state index >= 15 is 0 Å². The van der Waals surface area contributed by atoms with Gasteiger partial charge in [0.25, 0.3) is 0 Å². The van der Waals surface area contributed by atoms with Crippen molar-refractivity contribution in [3.8, 4) is 17.3 Å². The van der Waals surface area contributed by atoms with Gasteiger partial charge < -0.3 is 5.73 Å². The number of nitriles is 1. The minimum absolute atomic E-state index is 0.0101. The molecule has 2 N–H and O–H groups in total. The molecule has 0 fully saturated rings. The molecule has 0 spiro atoms. The van der Waals surface area contributed by atoms with Crippen LogP contribution in [0.5, 0.6) is 0 Å². The van der Waals surface area contributed by atoms with Crippen molar-refractivity contribution in [3.05, 3.63) is 40.3 Å². The Kier molecular flexibility index (Phi) is 3.35. The number of Topliss-reactive ketones (excluding diaryl/α,β-unsaturated/α-hetero) is 1. The summed E-state index contributed by atoms with van der Waals surface area (Å²) in [5.74, 6) is 0.160. The highest BCUT2D eigenvalue weighted by Gasteiger charge is 2.15. The smallest absolute Gasteiger partial charge is 0.221 e. The number of nitrogen functional groups attached to an aromatic ring is 1. The molecule has 0 saturated heterocycles. The van der Waals surface area contributed by atoms with E-state index < -0.39 is 0 Å². The molecule has 0 aliphatic carbocycles. The van der Waals surface area contributed by atoms with Crippen molar-refractivity contribution in [2.24, 2.45) is 0 Å². The van der Waals surface area contributed by atoms with Gasteiger partial charge in [-0.05, 0) is 37.6 Å². The van der Waals surface area contributed by atoms with Crippen molar-refractivity contribution in [3.63, 3.8) is 0 Å². The predicted molar refractivity (Wildman–Crippen MR) is 86.7 cm³/mol. The Morgan fingerprint density at radius 2 is 2.09 bits per heavy atom. The van der Waals surface area contributed by atoms with Crippen LogP contribution >= 0.6 is 11.3 Å². The molecule has 0 saturated carbocycles. The molecule has 108 valence electrons. The number of nitrogens with two attached hydrogens (primary N) is 1. The highest BCUT2D eigenvalue weighted by molar-refractivity contribution is 7.20. The zero-order valence-electron chi connectivity index (χ0n) is 12.0. The van der Waals surface area contributed by atoms with Gasteiger partial charge in [-0.3, -0.25) is 4.79 Å². The number of ketones is 1. The van der Waals surface area contributed by atoms with Gasteiger partial charge in [0.15, 0.2) is 5.78 Å². The standard InChI is InChI=1S/C16H12N4OS/c1-8-5-10(7-17)3-4-11(8)14-12-6-13(9(2)21)22-15(12)20-16(18)19-14/h3-6H,1-2H3,(H2,18,19,20). The highest BCUT2D eigenvalue weighted by Crippen LogP contribution is 2.34. The molecule has 0 bridgehead atoms. The minimum Gasteiger partial charge on any atom is -0.368 e. The monoisotopic (exact) mass is 308 g/mol. The number of thiophene rings is 1. The molecule has 0 aliphatic rings. The number of benzene rings is 1. The molecule has 5 nitrogen and oxygen atoms in total. The summed E-state index contributed by atoms with van der Waals surface area (Å²) in [5, 5.41) is 9.78. The lowest BCUT2D eigenvalue weighted by Gasteiger charge is -2.07. The van der Waals surface area contributed by atoms with Crippen LogP contribution in [0.4, 0.5) is 5.95 Å². The summed E-state index contributed by atoms with van der Waals surface area (Å²) in [6.07, 6.45) is 0. The van der Waals surface area contributed by atoms with E-state index in [0.29, 0.717) is 21.0 Å². The number of hydrogen-bond donors (Lipinski definition) is 1. The Morgan fingerprint density at radius 1 is 1.32 bits per heavy atom. The maximum atomic E-state index is 11.6. The summed E-state index contributed by atoms with van der Waals surface area (Å²) in [6, 6.07) is 9.31. The molecular weight excluding hydrogens is 296 g/mol. The van der Waals surface area contributed by atoms with Crippen molar-refractivity contribution in [2.45, 2.75) is 13.8 Å². The van der Waals surface area contributed by atoms with Gasteiger partial charge in [-0.25, -0.2) is 9.97 Å². The molecule has 0 radical (unpaired) electrons. The molecule has 2 aromatic heterocycles. The third-order valence-electron chi connectivity index (χ3n) is 3.37. The first-order valence-electron chi connectivity index (χ1n) is 6.58. The topological polar surface area (TPSA) is 92.7 Å². The number of anilines is 1. The second-order valence-corrected chi connectivity index (χ2v) is 5.99. The highest BCUT2D eigenvalue weighted by atomic mass is 32.1. The Hall–Kier alpha value is -2.78. The maximum absolute atomic E-state index is 11.6. The summed E-state index contributed by atoms with van der Waals surface area (Å²) in [6.45, 7) is 3.44. The van der Waals surface area contributed by atoms with E-state index in [2.05, 4.69) is 16.0 Å². The third-order valence-corrected chi connectivity index (χ3v) is 4.50. The summed E-state index contributed by atoms with van der Waals surface area (Å²) >= 11 is 1.31. The van der Waals surface area contributed by atoms with E-state index in [1.54, 1.807) is 18.2 Å². The Bertz CT molecular complexity index is 953. The first kappa shape index (κ1) is 14.2. The molecule has 0 atom stereocenters. The van der Waals surface area contributed by atoms with Crippen LogP contribution in [0.25, 0.3) is 21.5 Å². The fourth-order valence-corrected chi connectivity index (χ4v) is 3.25. The van der Waals surface area contributed by atoms with Crippen LogP contribution in [-0.2, 0) is 0 Å². The zero-order valence-corrected chi connectivity index (χ0v) is 12.9. The van der Waals surface area contributed by atoms with E-state index in [4.69, 9.17) is 11.0 Å². The summed E-state index contributed by atoms with van der Waals surface area (Å²) < 4.78 is 0. The van der Waals surface area contributed by atoms with Crippen LogP contribution in [0.15, 0.2) is 24.3 Å². The molecule has 2 heterocycles. The second-order valence-electron chi connectivity index (χ2n) is 4.96. The number of aryl methyl sites for hydroxylation is 1. The average molecular weight is 308 g/mol. The molecule has 6 heteroatoms. The van der Waals surface area contributed by atoms with Crippen LogP contribution < -0.4 is 5.73 Å². The summed E-state index contributed by atoms with van der Waals surface area (Å²) in [7, 11) is 0. The lowest BCUT2D eigenvalue weighted by Crippen LogP contribution is -1.97. The normalized spacial score (nSPS) is 10.6. The predicted octanol–water partition coefficient (Wildman–Crippen LogP) is 3.32. The van der Waals surface area contributed by atoms with Gasteiger partial charge in [0.05, 0.1) is 22.2 Å². The molecule has 22 heavy (non-hydrogen) atoms. The van der Waals surface area contributed by atoms with Crippen molar-refractivity contribution >= 4 is 33.3 Å². The quantitative estimate of drug-likeness (QED) is 0.733. The lowest BCUT2D eigenvalue weighted by atomic mass is 10.0. The van der Waals surface area contributed by atoms with Gasteiger partial charge in [-0.1, -0.05) is 6.07 Å². The maximum Gasteiger partial charge on any atom is 0.221 e. The molecule has 1 aromatic carbocycles. The van der Waals surface area contributed by atoms with E-state index in [9.17, 15) is 4.79 Å². The van der Waals surface area contributed by atoms with Crippen LogP contribution in [-0.4, -0.2) is 15.8 Å². The lowest BCUT2D eigenvalue weighted by molar-refractivity contribution is 0.102. The second kappa shape index (κ2) is 5.20. The summed E-state index contributed by atoms with van der Waals surface area (Å²) in [4.78, 5) is 21.5. The SMILES string of the molecule is CC(=O)c1cc2c(-c3ccc(C#N)cc3C)nc(N)nc2s1. The first-order valence-corrected chi connectivity index (χ1v) is 7.40. The molecule has 0 aliphatic heterocycles. The van der Waals surface area contributed by atoms with Gasteiger partial charge in [-0.15, -0.1) is 11.3 Å². The fourth-order valence-electron chi connectivity index (χ4n) is 2.32. The molecular formula is C16H12N4OS. The fraction of sp³-hybridized carbons (Fsp3) is 0.125. The zero-order chi connectivity index (χ0) is 15.9. The molecule has 3 aromatic rings. The minimum atomic E-state index is -0.0101. The van der Waals surface area contributed by atoms with Gasteiger partial charge in [0.1, 0.15) is 4.83 Å². The molecule has 0 amide bonds.